The Morgan fingerprint density at radius 1 is 0.958 bits per heavy atom. The summed E-state index contributed by atoms with van der Waals surface area (Å²) in [7, 11) is 0. The Bertz CT molecular complexity index is 899. The van der Waals surface area contributed by atoms with E-state index in [0.29, 0.717) is 17.2 Å². The van der Waals surface area contributed by atoms with Crippen LogP contribution in [0.2, 0.25) is 0 Å². The van der Waals surface area contributed by atoms with E-state index >= 15 is 0 Å². The molecular formula is C18H14N6. The van der Waals surface area contributed by atoms with Crippen molar-refractivity contribution in [2.24, 2.45) is 0 Å². The van der Waals surface area contributed by atoms with Crippen molar-refractivity contribution in [2.45, 2.75) is 13.0 Å². The summed E-state index contributed by atoms with van der Waals surface area (Å²) in [6.45, 7) is 1.67. The summed E-state index contributed by atoms with van der Waals surface area (Å²) in [5.74, 6) is 1.04. The number of rotatable bonds is 2. The number of anilines is 1. The van der Waals surface area contributed by atoms with Crippen LogP contribution in [0.25, 0.3) is 11.6 Å². The maximum Gasteiger partial charge on any atom is 0.197 e. The van der Waals surface area contributed by atoms with Gasteiger partial charge < -0.3 is 4.90 Å². The molecule has 6 nitrogen and oxygen atoms in total. The van der Waals surface area contributed by atoms with E-state index in [9.17, 15) is 0 Å². The topological polar surface area (TPSA) is 78.6 Å². The molecule has 0 radical (unpaired) electrons. The molecule has 3 aromatic rings. The lowest BCUT2D eigenvalue weighted by atomic mass is 9.97. The Morgan fingerprint density at radius 3 is 2.46 bits per heavy atom. The van der Waals surface area contributed by atoms with Crippen molar-refractivity contribution < 1.29 is 0 Å². The number of fused-ring (bicyclic) bond motifs is 1. The van der Waals surface area contributed by atoms with Crippen LogP contribution in [-0.2, 0) is 13.0 Å². The second kappa shape index (κ2) is 6.05. The molecule has 116 valence electrons. The van der Waals surface area contributed by atoms with E-state index in [4.69, 9.17) is 5.26 Å². The fraction of sp³-hybridized carbons (Fsp3) is 0.167. The molecule has 0 spiro atoms. The van der Waals surface area contributed by atoms with Crippen LogP contribution in [-0.4, -0.2) is 26.5 Å². The molecule has 1 aliphatic heterocycles. The van der Waals surface area contributed by atoms with Crippen LogP contribution in [0.4, 0.5) is 5.69 Å². The van der Waals surface area contributed by atoms with Crippen LogP contribution in [0.5, 0.6) is 0 Å². The maximum absolute atomic E-state index is 9.07. The Morgan fingerprint density at radius 2 is 1.71 bits per heavy atom. The number of nitrogens with zero attached hydrogens (tertiary/aromatic N) is 6. The van der Waals surface area contributed by atoms with Crippen LogP contribution >= 0.6 is 0 Å². The molecule has 6 heteroatoms. The molecule has 0 aliphatic carbocycles. The lowest BCUT2D eigenvalue weighted by molar-refractivity contribution is 0.727. The molecule has 1 aliphatic rings. The highest BCUT2D eigenvalue weighted by molar-refractivity contribution is 5.51. The van der Waals surface area contributed by atoms with Gasteiger partial charge in [0.25, 0.3) is 0 Å². The summed E-state index contributed by atoms with van der Waals surface area (Å²) in [6, 6.07) is 9.86. The normalized spacial score (nSPS) is 13.2. The lowest BCUT2D eigenvalue weighted by Crippen LogP contribution is -2.30. The van der Waals surface area contributed by atoms with E-state index in [-0.39, 0.29) is 0 Å². The van der Waals surface area contributed by atoms with Gasteiger partial charge in [-0.3, -0.25) is 0 Å². The largest absolute Gasteiger partial charge is 0.364 e. The SMILES string of the molecule is N#Cc1ccc2c(c1)CN(c1cnc(-c3ncccn3)nc1)CC2. The Kier molecular flexibility index (Phi) is 3.60. The van der Waals surface area contributed by atoms with E-state index in [0.717, 1.165) is 25.2 Å². The first kappa shape index (κ1) is 14.3. The van der Waals surface area contributed by atoms with Gasteiger partial charge in [-0.15, -0.1) is 0 Å². The fourth-order valence-corrected chi connectivity index (χ4v) is 2.86. The number of hydrogen-bond acceptors (Lipinski definition) is 6. The fourth-order valence-electron chi connectivity index (χ4n) is 2.86. The van der Waals surface area contributed by atoms with Gasteiger partial charge >= 0.3 is 0 Å². The molecular weight excluding hydrogens is 300 g/mol. The minimum atomic E-state index is 0.517. The highest BCUT2D eigenvalue weighted by Crippen LogP contribution is 2.25. The Hall–Kier alpha value is -3.33. The molecule has 1 aromatic carbocycles. The van der Waals surface area contributed by atoms with Crippen molar-refractivity contribution in [3.8, 4) is 17.7 Å². The summed E-state index contributed by atoms with van der Waals surface area (Å²) < 4.78 is 0. The summed E-state index contributed by atoms with van der Waals surface area (Å²) in [5, 5.41) is 9.07. The van der Waals surface area contributed by atoms with Crippen LogP contribution < -0.4 is 4.90 Å². The van der Waals surface area contributed by atoms with E-state index < -0.39 is 0 Å². The van der Waals surface area contributed by atoms with Crippen molar-refractivity contribution >= 4 is 5.69 Å². The predicted octanol–water partition coefficient (Wildman–Crippen LogP) is 2.37. The number of aromatic nitrogens is 4. The van der Waals surface area contributed by atoms with E-state index in [1.807, 2.05) is 12.1 Å². The molecule has 0 amide bonds. The van der Waals surface area contributed by atoms with Gasteiger partial charge in [0.1, 0.15) is 0 Å². The third kappa shape index (κ3) is 2.68. The first-order valence-electron chi connectivity index (χ1n) is 7.70. The van der Waals surface area contributed by atoms with Crippen molar-refractivity contribution in [3.05, 3.63) is 65.7 Å². The molecule has 0 N–H and O–H groups in total. The molecule has 0 bridgehead atoms. The standard InChI is InChI=1S/C18H14N6/c19-9-13-2-3-14-4-7-24(12-15(14)8-13)16-10-22-18(23-11-16)17-20-5-1-6-21-17/h1-3,5-6,8,10-11H,4,7,12H2. The van der Waals surface area contributed by atoms with Crippen LogP contribution in [0.15, 0.2) is 49.1 Å². The van der Waals surface area contributed by atoms with Crippen LogP contribution in [0.1, 0.15) is 16.7 Å². The molecule has 4 rings (SSSR count). The van der Waals surface area contributed by atoms with Crippen molar-refractivity contribution in [3.63, 3.8) is 0 Å². The minimum absolute atomic E-state index is 0.517. The minimum Gasteiger partial charge on any atom is -0.364 e. The third-order valence-corrected chi connectivity index (χ3v) is 4.12. The van der Waals surface area contributed by atoms with E-state index in [1.165, 1.54) is 11.1 Å². The molecule has 0 fully saturated rings. The zero-order valence-electron chi connectivity index (χ0n) is 12.9. The van der Waals surface area contributed by atoms with Crippen molar-refractivity contribution in [1.29, 1.82) is 5.26 Å². The van der Waals surface area contributed by atoms with Gasteiger partial charge in [0.15, 0.2) is 11.6 Å². The second-order valence-corrected chi connectivity index (χ2v) is 5.60. The summed E-state index contributed by atoms with van der Waals surface area (Å²) >= 11 is 0. The highest BCUT2D eigenvalue weighted by Gasteiger charge is 2.18. The summed E-state index contributed by atoms with van der Waals surface area (Å²) in [6.07, 6.45) is 7.90. The average molecular weight is 314 g/mol. The number of benzene rings is 1. The average Bonchev–Trinajstić information content (AvgIpc) is 2.68. The van der Waals surface area contributed by atoms with Crippen LogP contribution in [0.3, 0.4) is 0 Å². The van der Waals surface area contributed by atoms with Gasteiger partial charge in [-0.05, 0) is 35.7 Å². The summed E-state index contributed by atoms with van der Waals surface area (Å²) in [5.41, 5.74) is 4.15. The van der Waals surface area contributed by atoms with Gasteiger partial charge in [0.05, 0.1) is 29.7 Å². The van der Waals surface area contributed by atoms with Gasteiger partial charge in [-0.1, -0.05) is 6.07 Å². The first-order valence-corrected chi connectivity index (χ1v) is 7.70. The van der Waals surface area contributed by atoms with Crippen LogP contribution in [0, 0.1) is 11.3 Å². The molecule has 0 atom stereocenters. The molecule has 3 heterocycles. The third-order valence-electron chi connectivity index (χ3n) is 4.12. The number of nitriles is 1. The maximum atomic E-state index is 9.07. The molecule has 0 unspecified atom stereocenters. The smallest absolute Gasteiger partial charge is 0.197 e. The summed E-state index contributed by atoms with van der Waals surface area (Å²) in [4.78, 5) is 19.3. The van der Waals surface area contributed by atoms with E-state index in [1.54, 1.807) is 30.9 Å². The van der Waals surface area contributed by atoms with Gasteiger partial charge in [-0.2, -0.15) is 5.26 Å². The number of hydrogen-bond donors (Lipinski definition) is 0. The molecule has 24 heavy (non-hydrogen) atoms. The van der Waals surface area contributed by atoms with Crippen molar-refractivity contribution in [2.75, 3.05) is 11.4 Å². The predicted molar refractivity (Wildman–Crippen MR) is 89.0 cm³/mol. The van der Waals surface area contributed by atoms with E-state index in [2.05, 4.69) is 37.0 Å². The monoisotopic (exact) mass is 314 g/mol. The highest BCUT2D eigenvalue weighted by atomic mass is 15.2. The second-order valence-electron chi connectivity index (χ2n) is 5.60. The Balaban J connectivity index is 1.58. The molecule has 2 aromatic heterocycles. The van der Waals surface area contributed by atoms with Gasteiger partial charge in [0.2, 0.25) is 0 Å². The Labute approximate surface area is 139 Å². The zero-order chi connectivity index (χ0) is 16.4. The zero-order valence-corrected chi connectivity index (χ0v) is 12.9. The first-order chi connectivity index (χ1) is 11.8. The molecule has 0 saturated carbocycles. The van der Waals surface area contributed by atoms with Gasteiger partial charge in [-0.25, -0.2) is 19.9 Å². The lowest BCUT2D eigenvalue weighted by Gasteiger charge is -2.30. The van der Waals surface area contributed by atoms with Crippen molar-refractivity contribution in [1.82, 2.24) is 19.9 Å². The quantitative estimate of drug-likeness (QED) is 0.722. The molecule has 0 saturated heterocycles. The van der Waals surface area contributed by atoms with Gasteiger partial charge in [0, 0.05) is 25.5 Å².